The molecule has 0 aromatic heterocycles. The van der Waals surface area contributed by atoms with Crippen LogP contribution in [-0.4, -0.2) is 11.7 Å². The summed E-state index contributed by atoms with van der Waals surface area (Å²) in [5, 5.41) is 10.8. The van der Waals surface area contributed by atoms with Crippen molar-refractivity contribution in [3.63, 3.8) is 0 Å². The van der Waals surface area contributed by atoms with E-state index in [0.29, 0.717) is 18.4 Å². The first kappa shape index (κ1) is 15.1. The minimum absolute atomic E-state index is 0.293. The van der Waals surface area contributed by atoms with Gasteiger partial charge in [-0.3, -0.25) is 0 Å². The third-order valence-corrected chi connectivity index (χ3v) is 3.97. The lowest BCUT2D eigenvalue weighted by atomic mass is 9.78. The van der Waals surface area contributed by atoms with E-state index in [1.807, 2.05) is 24.3 Å². The Labute approximate surface area is 122 Å². The van der Waals surface area contributed by atoms with Gasteiger partial charge in [-0.05, 0) is 44.1 Å². The summed E-state index contributed by atoms with van der Waals surface area (Å²) in [5.41, 5.74) is 2.33. The molecule has 110 valence electrons. The number of hydrogen-bond acceptors (Lipinski definition) is 2. The van der Waals surface area contributed by atoms with Gasteiger partial charge in [0.15, 0.2) is 0 Å². The molecule has 0 fully saturated rings. The molecule has 0 saturated carbocycles. The highest BCUT2D eigenvalue weighted by Crippen LogP contribution is 2.39. The smallest absolute Gasteiger partial charge is 0.125 e. The van der Waals surface area contributed by atoms with Gasteiger partial charge in [-0.15, -0.1) is 0 Å². The molecule has 2 heteroatoms. The van der Waals surface area contributed by atoms with Crippen molar-refractivity contribution in [2.24, 2.45) is 11.8 Å². The summed E-state index contributed by atoms with van der Waals surface area (Å²) in [6, 6.07) is 7.90. The Hall–Kier alpha value is -1.28. The van der Waals surface area contributed by atoms with E-state index in [4.69, 9.17) is 4.74 Å². The number of allylic oxidation sites excluding steroid dienone is 2. The predicted octanol–water partition coefficient (Wildman–Crippen LogP) is 4.50. The van der Waals surface area contributed by atoms with Crippen LogP contribution in [0.1, 0.15) is 51.7 Å². The van der Waals surface area contributed by atoms with Crippen molar-refractivity contribution in [3.8, 4) is 5.75 Å². The minimum atomic E-state index is -0.436. The molecule has 2 nitrogen and oxygen atoms in total. The van der Waals surface area contributed by atoms with Crippen LogP contribution < -0.4 is 4.74 Å². The summed E-state index contributed by atoms with van der Waals surface area (Å²) in [6.07, 6.45) is 4.89. The second-order valence-corrected chi connectivity index (χ2v) is 6.02. The fourth-order valence-corrected chi connectivity index (χ4v) is 3.16. The molecule has 0 heterocycles. The molecule has 1 aromatic carbocycles. The molecule has 3 atom stereocenters. The molecule has 1 aliphatic rings. The van der Waals surface area contributed by atoms with Crippen LogP contribution >= 0.6 is 0 Å². The van der Waals surface area contributed by atoms with E-state index in [0.717, 1.165) is 30.6 Å². The highest BCUT2D eigenvalue weighted by molar-refractivity contribution is 5.35. The topological polar surface area (TPSA) is 29.5 Å². The van der Waals surface area contributed by atoms with Crippen molar-refractivity contribution >= 4 is 0 Å². The predicted molar refractivity (Wildman–Crippen MR) is 82.8 cm³/mol. The van der Waals surface area contributed by atoms with Crippen LogP contribution in [0, 0.1) is 11.8 Å². The van der Waals surface area contributed by atoms with Crippen LogP contribution in [0.15, 0.2) is 35.9 Å². The van der Waals surface area contributed by atoms with Crippen molar-refractivity contribution in [1.82, 2.24) is 0 Å². The molecule has 0 bridgehead atoms. The van der Waals surface area contributed by atoms with E-state index in [-0.39, 0.29) is 0 Å². The molecule has 0 amide bonds. The standard InChI is InChI=1S/C18H26O2/c1-4-9-20-17-8-6-5-7-16(17)18(19)15-11-13(2)10-14(3)12-15/h5-8,10,13,15,18-19H,4,9,11-12H2,1-3H3. The summed E-state index contributed by atoms with van der Waals surface area (Å²) in [7, 11) is 0. The molecule has 3 unspecified atom stereocenters. The van der Waals surface area contributed by atoms with Crippen molar-refractivity contribution in [2.45, 2.75) is 46.1 Å². The van der Waals surface area contributed by atoms with Crippen molar-refractivity contribution < 1.29 is 9.84 Å². The maximum Gasteiger partial charge on any atom is 0.125 e. The Kier molecular flexibility index (Phi) is 5.24. The Bertz CT molecular complexity index is 464. The van der Waals surface area contributed by atoms with Crippen LogP contribution in [0.2, 0.25) is 0 Å². The molecule has 2 rings (SSSR count). The number of ether oxygens (including phenoxy) is 1. The summed E-state index contributed by atoms with van der Waals surface area (Å²) < 4.78 is 5.78. The van der Waals surface area contributed by atoms with Gasteiger partial charge in [-0.25, -0.2) is 0 Å². The zero-order chi connectivity index (χ0) is 14.5. The lowest BCUT2D eigenvalue weighted by Crippen LogP contribution is -2.20. The van der Waals surface area contributed by atoms with Crippen molar-refractivity contribution in [2.75, 3.05) is 6.61 Å². The molecule has 0 radical (unpaired) electrons. The third-order valence-electron chi connectivity index (χ3n) is 3.97. The number of hydrogen-bond donors (Lipinski definition) is 1. The first-order valence-electron chi connectivity index (χ1n) is 7.69. The van der Waals surface area contributed by atoms with E-state index in [1.54, 1.807) is 0 Å². The summed E-state index contributed by atoms with van der Waals surface area (Å²) >= 11 is 0. The quantitative estimate of drug-likeness (QED) is 0.801. The van der Waals surface area contributed by atoms with Gasteiger partial charge in [0.1, 0.15) is 5.75 Å². The van der Waals surface area contributed by atoms with Crippen molar-refractivity contribution in [3.05, 3.63) is 41.5 Å². The first-order chi connectivity index (χ1) is 9.61. The molecular weight excluding hydrogens is 248 g/mol. The van der Waals surface area contributed by atoms with Gasteiger partial charge in [0.2, 0.25) is 0 Å². The highest BCUT2D eigenvalue weighted by atomic mass is 16.5. The van der Waals surface area contributed by atoms with Crippen LogP contribution in [0.5, 0.6) is 5.75 Å². The van der Waals surface area contributed by atoms with Gasteiger partial charge in [0.25, 0.3) is 0 Å². The minimum Gasteiger partial charge on any atom is -0.493 e. The van der Waals surface area contributed by atoms with E-state index < -0.39 is 6.10 Å². The Morgan fingerprint density at radius 2 is 2.10 bits per heavy atom. The van der Waals surface area contributed by atoms with Crippen LogP contribution in [0.3, 0.4) is 0 Å². The molecule has 20 heavy (non-hydrogen) atoms. The molecule has 1 N–H and O–H groups in total. The number of rotatable bonds is 5. The zero-order valence-electron chi connectivity index (χ0n) is 12.8. The van der Waals surface area contributed by atoms with Gasteiger partial charge < -0.3 is 9.84 Å². The lowest BCUT2D eigenvalue weighted by Gasteiger charge is -2.30. The summed E-state index contributed by atoms with van der Waals surface area (Å²) in [5.74, 6) is 1.68. The van der Waals surface area contributed by atoms with Crippen molar-refractivity contribution in [1.29, 1.82) is 0 Å². The average molecular weight is 274 g/mol. The summed E-state index contributed by atoms with van der Waals surface area (Å²) in [6.45, 7) is 7.18. The van der Waals surface area contributed by atoms with Gasteiger partial charge in [0.05, 0.1) is 12.7 Å². The van der Waals surface area contributed by atoms with E-state index >= 15 is 0 Å². The Morgan fingerprint density at radius 3 is 2.80 bits per heavy atom. The molecule has 0 spiro atoms. The largest absolute Gasteiger partial charge is 0.493 e. The fraction of sp³-hybridized carbons (Fsp3) is 0.556. The Balaban J connectivity index is 2.16. The second kappa shape index (κ2) is 6.94. The van der Waals surface area contributed by atoms with Gasteiger partial charge in [-0.2, -0.15) is 0 Å². The van der Waals surface area contributed by atoms with Crippen LogP contribution in [0.25, 0.3) is 0 Å². The molecule has 1 aromatic rings. The SMILES string of the molecule is CCCOc1ccccc1C(O)C1CC(C)=CC(C)C1. The van der Waals surface area contributed by atoms with Gasteiger partial charge in [0, 0.05) is 5.56 Å². The van der Waals surface area contributed by atoms with E-state index in [2.05, 4.69) is 26.8 Å². The molecule has 1 aliphatic carbocycles. The second-order valence-electron chi connectivity index (χ2n) is 6.02. The van der Waals surface area contributed by atoms with E-state index in [1.165, 1.54) is 5.57 Å². The fourth-order valence-electron chi connectivity index (χ4n) is 3.16. The summed E-state index contributed by atoms with van der Waals surface area (Å²) in [4.78, 5) is 0. The first-order valence-corrected chi connectivity index (χ1v) is 7.69. The monoisotopic (exact) mass is 274 g/mol. The number of aliphatic hydroxyl groups excluding tert-OH is 1. The zero-order valence-corrected chi connectivity index (χ0v) is 12.8. The number of para-hydroxylation sites is 1. The number of benzene rings is 1. The number of aliphatic hydroxyl groups is 1. The van der Waals surface area contributed by atoms with E-state index in [9.17, 15) is 5.11 Å². The van der Waals surface area contributed by atoms with Gasteiger partial charge >= 0.3 is 0 Å². The average Bonchev–Trinajstić information content (AvgIpc) is 2.43. The molecule has 0 aliphatic heterocycles. The maximum atomic E-state index is 10.8. The van der Waals surface area contributed by atoms with Crippen LogP contribution in [-0.2, 0) is 0 Å². The normalized spacial score (nSPS) is 24.1. The molecule has 0 saturated heterocycles. The van der Waals surface area contributed by atoms with Crippen LogP contribution in [0.4, 0.5) is 0 Å². The van der Waals surface area contributed by atoms with Gasteiger partial charge in [-0.1, -0.05) is 43.7 Å². The third kappa shape index (κ3) is 3.63. The highest BCUT2D eigenvalue weighted by Gasteiger charge is 2.27. The maximum absolute atomic E-state index is 10.8. The lowest BCUT2D eigenvalue weighted by molar-refractivity contribution is 0.0898. The Morgan fingerprint density at radius 1 is 1.35 bits per heavy atom. The molecular formula is C18H26O2.